The van der Waals surface area contributed by atoms with Crippen LogP contribution in [0.4, 0.5) is 5.82 Å². The van der Waals surface area contributed by atoms with Crippen molar-refractivity contribution in [2.24, 2.45) is 0 Å². The van der Waals surface area contributed by atoms with Gasteiger partial charge in [-0.1, -0.05) is 0 Å². The Bertz CT molecular complexity index is 598. The lowest BCUT2D eigenvalue weighted by molar-refractivity contribution is 0.204. The Kier molecular flexibility index (Phi) is 3.76. The van der Waals surface area contributed by atoms with E-state index in [0.717, 1.165) is 44.3 Å². The van der Waals surface area contributed by atoms with Crippen molar-refractivity contribution in [1.29, 1.82) is 0 Å². The second-order valence-electron chi connectivity index (χ2n) is 6.27. The molecule has 1 saturated carbocycles. The topological polar surface area (TPSA) is 58.9 Å². The van der Waals surface area contributed by atoms with Crippen molar-refractivity contribution in [2.75, 3.05) is 18.4 Å². The highest BCUT2D eigenvalue weighted by atomic mass is 15.2. The van der Waals surface area contributed by atoms with Crippen molar-refractivity contribution in [3.05, 3.63) is 36.8 Å². The van der Waals surface area contributed by atoms with E-state index in [2.05, 4.69) is 35.9 Å². The van der Waals surface area contributed by atoms with Gasteiger partial charge < -0.3 is 9.88 Å². The molecule has 0 unspecified atom stereocenters. The molecule has 2 aromatic heterocycles. The molecule has 0 amide bonds. The lowest BCUT2D eigenvalue weighted by Crippen LogP contribution is -2.39. The number of aromatic nitrogens is 4. The number of rotatable bonds is 5. The Hall–Kier alpha value is -1.95. The molecule has 3 heterocycles. The maximum atomic E-state index is 4.55. The average Bonchev–Trinajstić information content (AvgIpc) is 3.30. The van der Waals surface area contributed by atoms with E-state index in [9.17, 15) is 0 Å². The fraction of sp³-hybridized carbons (Fsp3) is 0.562. The molecular weight excluding hydrogens is 276 g/mol. The number of nitrogens with one attached hydrogen (secondary N) is 1. The van der Waals surface area contributed by atoms with Crippen LogP contribution in [0.3, 0.4) is 0 Å². The van der Waals surface area contributed by atoms with Crippen molar-refractivity contribution in [2.45, 2.75) is 44.3 Å². The van der Waals surface area contributed by atoms with Gasteiger partial charge in [0.15, 0.2) is 0 Å². The van der Waals surface area contributed by atoms with E-state index in [1.54, 1.807) is 12.5 Å². The van der Waals surface area contributed by atoms with Gasteiger partial charge in [-0.15, -0.1) is 0 Å². The Balaban J connectivity index is 1.29. The fourth-order valence-corrected chi connectivity index (χ4v) is 3.17. The second kappa shape index (κ2) is 6.04. The van der Waals surface area contributed by atoms with E-state index < -0.39 is 0 Å². The van der Waals surface area contributed by atoms with Gasteiger partial charge in [-0.05, 0) is 31.7 Å². The lowest BCUT2D eigenvalue weighted by Gasteiger charge is -2.32. The van der Waals surface area contributed by atoms with Gasteiger partial charge in [0.1, 0.15) is 18.0 Å². The summed E-state index contributed by atoms with van der Waals surface area (Å²) >= 11 is 0. The Morgan fingerprint density at radius 3 is 2.68 bits per heavy atom. The molecule has 0 atom stereocenters. The molecule has 116 valence electrons. The van der Waals surface area contributed by atoms with Crippen LogP contribution in [0.5, 0.6) is 0 Å². The minimum atomic E-state index is 0.509. The summed E-state index contributed by atoms with van der Waals surface area (Å²) in [5.74, 6) is 2.16. The van der Waals surface area contributed by atoms with Gasteiger partial charge in [0, 0.05) is 43.8 Å². The zero-order valence-corrected chi connectivity index (χ0v) is 12.7. The van der Waals surface area contributed by atoms with Gasteiger partial charge in [0.25, 0.3) is 0 Å². The minimum absolute atomic E-state index is 0.509. The quantitative estimate of drug-likeness (QED) is 0.916. The zero-order chi connectivity index (χ0) is 14.8. The summed E-state index contributed by atoms with van der Waals surface area (Å²) in [7, 11) is 0. The number of piperidine rings is 1. The molecular formula is C16H22N6. The molecule has 4 rings (SSSR count). The number of imidazole rings is 1. The SMILES string of the molecule is c1cc(NC2CCN(Cc3nccn3C3CC3)CC2)ncn1. The van der Waals surface area contributed by atoms with Crippen LogP contribution in [0.2, 0.25) is 0 Å². The number of anilines is 1. The number of hydrogen-bond donors (Lipinski definition) is 1. The molecule has 1 aliphatic heterocycles. The molecule has 22 heavy (non-hydrogen) atoms. The van der Waals surface area contributed by atoms with Crippen molar-refractivity contribution < 1.29 is 0 Å². The zero-order valence-electron chi connectivity index (χ0n) is 12.7. The predicted octanol–water partition coefficient (Wildman–Crippen LogP) is 2.08. The molecule has 0 aromatic carbocycles. The first-order chi connectivity index (χ1) is 10.9. The van der Waals surface area contributed by atoms with Crippen LogP contribution in [-0.2, 0) is 6.54 Å². The summed E-state index contributed by atoms with van der Waals surface area (Å²) in [4.78, 5) is 15.3. The summed E-state index contributed by atoms with van der Waals surface area (Å²) < 4.78 is 2.37. The van der Waals surface area contributed by atoms with E-state index in [4.69, 9.17) is 0 Å². The first-order valence-corrected chi connectivity index (χ1v) is 8.15. The van der Waals surface area contributed by atoms with Gasteiger partial charge in [0.2, 0.25) is 0 Å². The maximum Gasteiger partial charge on any atom is 0.129 e. The lowest BCUT2D eigenvalue weighted by atomic mass is 10.1. The molecule has 6 heteroatoms. The third-order valence-electron chi connectivity index (χ3n) is 4.58. The van der Waals surface area contributed by atoms with Gasteiger partial charge in [-0.25, -0.2) is 15.0 Å². The average molecular weight is 298 g/mol. The van der Waals surface area contributed by atoms with Gasteiger partial charge in [-0.2, -0.15) is 0 Å². The number of hydrogen-bond acceptors (Lipinski definition) is 5. The molecule has 0 bridgehead atoms. The van der Waals surface area contributed by atoms with Crippen LogP contribution in [-0.4, -0.2) is 43.6 Å². The normalized spacial score (nSPS) is 20.2. The van der Waals surface area contributed by atoms with E-state index in [0.29, 0.717) is 6.04 Å². The molecule has 1 aliphatic carbocycles. The largest absolute Gasteiger partial charge is 0.367 e. The van der Waals surface area contributed by atoms with Crippen LogP contribution in [0.1, 0.15) is 37.5 Å². The molecule has 0 radical (unpaired) electrons. The van der Waals surface area contributed by atoms with E-state index in [1.165, 1.54) is 18.7 Å². The van der Waals surface area contributed by atoms with E-state index >= 15 is 0 Å². The number of likely N-dealkylation sites (tertiary alicyclic amines) is 1. The molecule has 6 nitrogen and oxygen atoms in total. The van der Waals surface area contributed by atoms with Crippen LogP contribution in [0, 0.1) is 0 Å². The summed E-state index contributed by atoms with van der Waals surface area (Å²) in [6.07, 6.45) is 12.4. The Labute approximate surface area is 130 Å². The maximum absolute atomic E-state index is 4.55. The molecule has 1 N–H and O–H groups in total. The van der Waals surface area contributed by atoms with Crippen molar-refractivity contribution in [1.82, 2.24) is 24.4 Å². The summed E-state index contributed by atoms with van der Waals surface area (Å²) in [6, 6.07) is 3.16. The highest BCUT2D eigenvalue weighted by molar-refractivity contribution is 5.33. The Morgan fingerprint density at radius 2 is 1.95 bits per heavy atom. The van der Waals surface area contributed by atoms with Gasteiger partial charge >= 0.3 is 0 Å². The fourth-order valence-electron chi connectivity index (χ4n) is 3.17. The van der Waals surface area contributed by atoms with Gasteiger partial charge in [0.05, 0.1) is 6.54 Å². The molecule has 0 spiro atoms. The van der Waals surface area contributed by atoms with Crippen molar-refractivity contribution >= 4 is 5.82 Å². The molecule has 2 fully saturated rings. The van der Waals surface area contributed by atoms with Crippen LogP contribution < -0.4 is 5.32 Å². The van der Waals surface area contributed by atoms with Crippen LogP contribution in [0.25, 0.3) is 0 Å². The first-order valence-electron chi connectivity index (χ1n) is 8.15. The monoisotopic (exact) mass is 298 g/mol. The highest BCUT2D eigenvalue weighted by Gasteiger charge is 2.27. The summed E-state index contributed by atoms with van der Waals surface area (Å²) in [5, 5.41) is 3.50. The molecule has 1 saturated heterocycles. The third kappa shape index (κ3) is 3.11. The van der Waals surface area contributed by atoms with Gasteiger partial charge in [-0.3, -0.25) is 4.90 Å². The van der Waals surface area contributed by atoms with Crippen molar-refractivity contribution in [3.63, 3.8) is 0 Å². The summed E-state index contributed by atoms with van der Waals surface area (Å²) in [6.45, 7) is 3.20. The van der Waals surface area contributed by atoms with Crippen molar-refractivity contribution in [3.8, 4) is 0 Å². The van der Waals surface area contributed by atoms with Crippen LogP contribution >= 0.6 is 0 Å². The number of nitrogens with zero attached hydrogens (tertiary/aromatic N) is 5. The van der Waals surface area contributed by atoms with E-state index in [-0.39, 0.29) is 0 Å². The highest BCUT2D eigenvalue weighted by Crippen LogP contribution is 2.35. The smallest absolute Gasteiger partial charge is 0.129 e. The first kappa shape index (κ1) is 13.7. The summed E-state index contributed by atoms with van der Waals surface area (Å²) in [5.41, 5.74) is 0. The molecule has 2 aromatic rings. The second-order valence-corrected chi connectivity index (χ2v) is 6.27. The molecule has 2 aliphatic rings. The van der Waals surface area contributed by atoms with E-state index in [1.807, 2.05) is 12.3 Å². The predicted molar refractivity (Wildman–Crippen MR) is 84.5 cm³/mol. The Morgan fingerprint density at radius 1 is 1.09 bits per heavy atom. The van der Waals surface area contributed by atoms with Crippen LogP contribution in [0.15, 0.2) is 31.0 Å². The third-order valence-corrected chi connectivity index (χ3v) is 4.58. The minimum Gasteiger partial charge on any atom is -0.367 e. The standard InChI is InChI=1S/C16H22N6/c1-2-14(1)22-10-7-18-16(22)11-21-8-4-13(5-9-21)20-15-3-6-17-12-19-15/h3,6-7,10,12-14H,1-2,4-5,8-9,11H2,(H,17,19,20).